The lowest BCUT2D eigenvalue weighted by molar-refractivity contribution is 0.0163. The second kappa shape index (κ2) is 7.46. The molecule has 0 bridgehead atoms. The molecular formula is C21H20N4O3S. The third-order valence-corrected chi connectivity index (χ3v) is 5.98. The number of fused-ring (bicyclic) bond motifs is 2. The fourth-order valence-corrected chi connectivity index (χ4v) is 4.35. The van der Waals surface area contributed by atoms with E-state index in [0.29, 0.717) is 35.7 Å². The van der Waals surface area contributed by atoms with Crippen molar-refractivity contribution in [2.45, 2.75) is 25.5 Å². The molecule has 1 aliphatic rings. The summed E-state index contributed by atoms with van der Waals surface area (Å²) in [4.78, 5) is 23.5. The molecule has 3 aromatic heterocycles. The highest BCUT2D eigenvalue weighted by molar-refractivity contribution is 7.09. The molecule has 0 saturated carbocycles. The summed E-state index contributed by atoms with van der Waals surface area (Å²) >= 11 is 1.63. The van der Waals surface area contributed by atoms with Crippen molar-refractivity contribution < 1.29 is 14.3 Å². The first-order valence-corrected chi connectivity index (χ1v) is 10.4. The Balaban J connectivity index is 1.60. The van der Waals surface area contributed by atoms with Crippen molar-refractivity contribution in [3.63, 3.8) is 0 Å². The fourth-order valence-electron chi connectivity index (χ4n) is 3.65. The molecule has 1 fully saturated rings. The Morgan fingerprint density at radius 3 is 2.79 bits per heavy atom. The number of para-hydroxylation sites is 2. The smallest absolute Gasteiger partial charge is 0.344 e. The molecule has 4 aromatic rings. The van der Waals surface area contributed by atoms with Crippen LogP contribution in [0, 0.1) is 0 Å². The Labute approximate surface area is 171 Å². The molecule has 7 nitrogen and oxygen atoms in total. The van der Waals surface area contributed by atoms with Crippen LogP contribution < -0.4 is 5.73 Å². The lowest BCUT2D eigenvalue weighted by atomic mass is 10.2. The van der Waals surface area contributed by atoms with E-state index >= 15 is 0 Å². The van der Waals surface area contributed by atoms with Gasteiger partial charge in [-0.05, 0) is 36.4 Å². The summed E-state index contributed by atoms with van der Waals surface area (Å²) in [7, 11) is 0. The molecule has 0 unspecified atom stereocenters. The Hall–Kier alpha value is -2.97. The van der Waals surface area contributed by atoms with E-state index in [2.05, 4.69) is 0 Å². The van der Waals surface area contributed by atoms with Gasteiger partial charge in [-0.3, -0.25) is 0 Å². The average Bonchev–Trinajstić information content (AvgIpc) is 3.48. The van der Waals surface area contributed by atoms with Gasteiger partial charge in [0.05, 0.1) is 23.7 Å². The number of carbonyl (C=O) groups is 1. The van der Waals surface area contributed by atoms with Crippen LogP contribution >= 0.6 is 11.3 Å². The Bertz CT molecular complexity index is 1180. The highest BCUT2D eigenvalue weighted by Gasteiger charge is 2.26. The summed E-state index contributed by atoms with van der Waals surface area (Å²) in [6.07, 6.45) is 1.83. The van der Waals surface area contributed by atoms with Crippen molar-refractivity contribution in [1.82, 2.24) is 14.5 Å². The van der Waals surface area contributed by atoms with Crippen molar-refractivity contribution in [3.05, 3.63) is 52.2 Å². The van der Waals surface area contributed by atoms with Crippen LogP contribution in [0.1, 0.15) is 28.1 Å². The van der Waals surface area contributed by atoms with Crippen molar-refractivity contribution in [1.29, 1.82) is 0 Å². The molecule has 1 aliphatic heterocycles. The fraction of sp³-hybridized carbons (Fsp3) is 0.286. The van der Waals surface area contributed by atoms with E-state index in [9.17, 15) is 4.79 Å². The minimum Gasteiger partial charge on any atom is -0.459 e. The van der Waals surface area contributed by atoms with Crippen LogP contribution in [0.3, 0.4) is 0 Å². The predicted octanol–water partition coefficient (Wildman–Crippen LogP) is 3.61. The van der Waals surface area contributed by atoms with Gasteiger partial charge in [-0.15, -0.1) is 11.3 Å². The molecule has 5 rings (SSSR count). The molecule has 2 N–H and O–H groups in total. The van der Waals surface area contributed by atoms with Gasteiger partial charge in [0.25, 0.3) is 0 Å². The summed E-state index contributed by atoms with van der Waals surface area (Å²) in [5.74, 6) is -0.168. The summed E-state index contributed by atoms with van der Waals surface area (Å²) in [6.45, 7) is 1.45. The van der Waals surface area contributed by atoms with Gasteiger partial charge in [-0.25, -0.2) is 14.8 Å². The average molecular weight is 408 g/mol. The molecular weight excluding hydrogens is 388 g/mol. The first-order valence-electron chi connectivity index (χ1n) is 9.56. The van der Waals surface area contributed by atoms with Gasteiger partial charge in [0.1, 0.15) is 23.5 Å². The second-order valence-corrected chi connectivity index (χ2v) is 8.08. The summed E-state index contributed by atoms with van der Waals surface area (Å²) in [5, 5.41) is 2.01. The summed E-state index contributed by atoms with van der Waals surface area (Å²) < 4.78 is 12.9. The zero-order valence-corrected chi connectivity index (χ0v) is 16.5. The van der Waals surface area contributed by atoms with Gasteiger partial charge in [0.2, 0.25) is 0 Å². The number of aromatic nitrogens is 3. The molecule has 1 aromatic carbocycles. The van der Waals surface area contributed by atoms with Gasteiger partial charge in [0.15, 0.2) is 5.65 Å². The number of ether oxygens (including phenoxy) is 2. The molecule has 148 valence electrons. The zero-order chi connectivity index (χ0) is 19.8. The molecule has 1 atom stereocenters. The number of nitrogens with two attached hydrogens (primary N) is 1. The van der Waals surface area contributed by atoms with Crippen molar-refractivity contribution in [2.75, 3.05) is 18.9 Å². The number of esters is 1. The van der Waals surface area contributed by atoms with Gasteiger partial charge in [0, 0.05) is 11.5 Å². The molecule has 0 spiro atoms. The summed E-state index contributed by atoms with van der Waals surface area (Å²) in [5.41, 5.74) is 9.22. The zero-order valence-electron chi connectivity index (χ0n) is 15.7. The van der Waals surface area contributed by atoms with Crippen LogP contribution in [0.5, 0.6) is 0 Å². The van der Waals surface area contributed by atoms with Crippen LogP contribution in [-0.4, -0.2) is 39.8 Å². The number of carbonyl (C=O) groups excluding carboxylic acids is 1. The number of benzene rings is 1. The Morgan fingerprint density at radius 1 is 1.24 bits per heavy atom. The SMILES string of the molecule is Nc1c(C(=O)OC[C@@H]2CCCO2)c2nc3ccccc3nc2n1Cc1cccs1. The number of rotatable bonds is 5. The second-order valence-electron chi connectivity index (χ2n) is 7.04. The predicted molar refractivity (Wildman–Crippen MR) is 112 cm³/mol. The first kappa shape index (κ1) is 18.1. The maximum atomic E-state index is 13.0. The van der Waals surface area contributed by atoms with Gasteiger partial charge >= 0.3 is 5.97 Å². The van der Waals surface area contributed by atoms with Crippen molar-refractivity contribution >= 4 is 45.3 Å². The molecule has 4 heterocycles. The lowest BCUT2D eigenvalue weighted by Gasteiger charge is -2.10. The number of nitrogen functional groups attached to an aromatic ring is 1. The minimum atomic E-state index is -0.488. The van der Waals surface area contributed by atoms with Gasteiger partial charge in [-0.1, -0.05) is 18.2 Å². The van der Waals surface area contributed by atoms with Gasteiger partial charge < -0.3 is 19.8 Å². The largest absolute Gasteiger partial charge is 0.459 e. The highest BCUT2D eigenvalue weighted by atomic mass is 32.1. The van der Waals surface area contributed by atoms with Gasteiger partial charge in [-0.2, -0.15) is 0 Å². The van der Waals surface area contributed by atoms with Crippen LogP contribution in [0.2, 0.25) is 0 Å². The molecule has 0 radical (unpaired) electrons. The van der Waals surface area contributed by atoms with Crippen molar-refractivity contribution in [2.24, 2.45) is 0 Å². The maximum absolute atomic E-state index is 13.0. The lowest BCUT2D eigenvalue weighted by Crippen LogP contribution is -2.18. The Kier molecular flexibility index (Phi) is 4.65. The normalized spacial score (nSPS) is 16.6. The molecule has 29 heavy (non-hydrogen) atoms. The maximum Gasteiger partial charge on any atom is 0.344 e. The van der Waals surface area contributed by atoms with E-state index < -0.39 is 5.97 Å². The monoisotopic (exact) mass is 408 g/mol. The van der Waals surface area contributed by atoms with Crippen LogP contribution in [0.15, 0.2) is 41.8 Å². The number of anilines is 1. The van der Waals surface area contributed by atoms with E-state index in [-0.39, 0.29) is 18.3 Å². The van der Waals surface area contributed by atoms with E-state index in [1.54, 1.807) is 11.3 Å². The number of nitrogens with zero attached hydrogens (tertiary/aromatic N) is 3. The standard InChI is InChI=1S/C21H20N4O3S/c22-19-17(21(26)28-12-13-5-3-9-27-13)18-20(25(19)11-14-6-4-10-29-14)24-16-8-2-1-7-15(16)23-18/h1-2,4,6-8,10,13H,3,5,9,11-12,22H2/t13-/m0/s1. The first-order chi connectivity index (χ1) is 14.2. The number of hydrogen-bond acceptors (Lipinski definition) is 7. The van der Waals surface area contributed by atoms with Crippen LogP contribution in [0.25, 0.3) is 22.2 Å². The van der Waals surface area contributed by atoms with Crippen molar-refractivity contribution in [3.8, 4) is 0 Å². The topological polar surface area (TPSA) is 92.3 Å². The van der Waals surface area contributed by atoms with E-state index in [0.717, 1.165) is 23.2 Å². The molecule has 0 aliphatic carbocycles. The quantitative estimate of drug-likeness (QED) is 0.507. The van der Waals surface area contributed by atoms with E-state index in [4.69, 9.17) is 25.2 Å². The third kappa shape index (κ3) is 3.34. The van der Waals surface area contributed by atoms with E-state index in [1.807, 2.05) is 46.3 Å². The molecule has 0 amide bonds. The molecule has 1 saturated heterocycles. The number of thiophene rings is 1. The minimum absolute atomic E-state index is 0.0495. The summed E-state index contributed by atoms with van der Waals surface area (Å²) in [6, 6.07) is 11.6. The highest BCUT2D eigenvalue weighted by Crippen LogP contribution is 2.30. The van der Waals surface area contributed by atoms with Crippen LogP contribution in [0.4, 0.5) is 5.82 Å². The third-order valence-electron chi connectivity index (χ3n) is 5.11. The van der Waals surface area contributed by atoms with Crippen LogP contribution in [-0.2, 0) is 16.0 Å². The number of hydrogen-bond donors (Lipinski definition) is 1. The Morgan fingerprint density at radius 2 is 2.07 bits per heavy atom. The molecule has 8 heteroatoms. The van der Waals surface area contributed by atoms with E-state index in [1.165, 1.54) is 0 Å².